The Morgan fingerprint density at radius 2 is 2.07 bits per heavy atom. The van der Waals surface area contributed by atoms with E-state index in [0.717, 1.165) is 19.4 Å². The SMILES string of the molecule is Fc1cccc(F)c1OC[C@H]1CCCN1. The standard InChI is InChI=1S/C11H13F2NO/c12-9-4-1-5-10(13)11(9)15-7-8-3-2-6-14-8/h1,4-5,8,14H,2-3,6-7H2/t8-/m1/s1. The molecular formula is C11H13F2NO. The van der Waals surface area contributed by atoms with Gasteiger partial charge >= 0.3 is 0 Å². The number of nitrogens with one attached hydrogen (secondary N) is 1. The van der Waals surface area contributed by atoms with E-state index in [2.05, 4.69) is 5.32 Å². The summed E-state index contributed by atoms with van der Waals surface area (Å²) in [5, 5.41) is 3.20. The van der Waals surface area contributed by atoms with Gasteiger partial charge in [-0.15, -0.1) is 0 Å². The van der Waals surface area contributed by atoms with Gasteiger partial charge in [-0.05, 0) is 31.5 Å². The molecule has 1 fully saturated rings. The predicted octanol–water partition coefficient (Wildman–Crippen LogP) is 2.10. The van der Waals surface area contributed by atoms with Crippen LogP contribution in [0.5, 0.6) is 5.75 Å². The second-order valence-corrected chi connectivity index (χ2v) is 3.66. The normalized spacial score (nSPS) is 20.5. The van der Waals surface area contributed by atoms with Crippen molar-refractivity contribution in [3.8, 4) is 5.75 Å². The molecule has 1 aromatic rings. The van der Waals surface area contributed by atoms with Gasteiger partial charge in [-0.1, -0.05) is 6.07 Å². The molecule has 1 aliphatic heterocycles. The van der Waals surface area contributed by atoms with Crippen molar-refractivity contribution in [2.24, 2.45) is 0 Å². The third kappa shape index (κ3) is 2.45. The van der Waals surface area contributed by atoms with Crippen molar-refractivity contribution in [2.75, 3.05) is 13.2 Å². The van der Waals surface area contributed by atoms with Gasteiger partial charge < -0.3 is 10.1 Å². The summed E-state index contributed by atoms with van der Waals surface area (Å²) in [4.78, 5) is 0. The van der Waals surface area contributed by atoms with Crippen LogP contribution in [-0.4, -0.2) is 19.2 Å². The van der Waals surface area contributed by atoms with Gasteiger partial charge in [0.25, 0.3) is 0 Å². The lowest BCUT2D eigenvalue weighted by Crippen LogP contribution is -2.28. The molecular weight excluding hydrogens is 200 g/mol. The zero-order chi connectivity index (χ0) is 10.7. The molecule has 0 saturated carbocycles. The Bertz CT molecular complexity index is 317. The van der Waals surface area contributed by atoms with E-state index in [1.165, 1.54) is 18.2 Å². The minimum absolute atomic E-state index is 0.212. The van der Waals surface area contributed by atoms with Crippen molar-refractivity contribution in [2.45, 2.75) is 18.9 Å². The van der Waals surface area contributed by atoms with Crippen LogP contribution < -0.4 is 10.1 Å². The third-order valence-electron chi connectivity index (χ3n) is 2.51. The first-order valence-electron chi connectivity index (χ1n) is 5.07. The molecule has 0 bridgehead atoms. The fourth-order valence-corrected chi connectivity index (χ4v) is 1.70. The Morgan fingerprint density at radius 1 is 1.33 bits per heavy atom. The Kier molecular flexibility index (Phi) is 3.16. The first-order valence-corrected chi connectivity index (χ1v) is 5.07. The van der Waals surface area contributed by atoms with E-state index >= 15 is 0 Å². The highest BCUT2D eigenvalue weighted by Gasteiger charge is 2.16. The molecule has 4 heteroatoms. The van der Waals surface area contributed by atoms with Crippen LogP contribution in [0, 0.1) is 11.6 Å². The Balaban J connectivity index is 1.97. The first-order chi connectivity index (χ1) is 7.27. The quantitative estimate of drug-likeness (QED) is 0.830. The van der Waals surface area contributed by atoms with Crippen LogP contribution in [0.3, 0.4) is 0 Å². The molecule has 1 aliphatic rings. The summed E-state index contributed by atoms with van der Waals surface area (Å²) < 4.78 is 31.4. The van der Waals surface area contributed by atoms with Gasteiger partial charge in [-0.3, -0.25) is 0 Å². The van der Waals surface area contributed by atoms with Gasteiger partial charge in [-0.25, -0.2) is 8.78 Å². The molecule has 0 aliphatic carbocycles. The number of halogens is 2. The Hall–Kier alpha value is -1.16. The van der Waals surface area contributed by atoms with E-state index in [0.29, 0.717) is 6.61 Å². The maximum Gasteiger partial charge on any atom is 0.190 e. The number of ether oxygens (including phenoxy) is 1. The highest BCUT2D eigenvalue weighted by atomic mass is 19.1. The van der Waals surface area contributed by atoms with Gasteiger partial charge in [-0.2, -0.15) is 0 Å². The molecule has 15 heavy (non-hydrogen) atoms. The second-order valence-electron chi connectivity index (χ2n) is 3.66. The van der Waals surface area contributed by atoms with Gasteiger partial charge in [0.2, 0.25) is 0 Å². The lowest BCUT2D eigenvalue weighted by atomic mass is 10.2. The van der Waals surface area contributed by atoms with Gasteiger partial charge in [0.05, 0.1) is 0 Å². The smallest absolute Gasteiger partial charge is 0.190 e. The first kappa shape index (κ1) is 10.4. The van der Waals surface area contributed by atoms with Crippen LogP contribution in [0.2, 0.25) is 0 Å². The van der Waals surface area contributed by atoms with Gasteiger partial charge in [0.1, 0.15) is 6.61 Å². The van der Waals surface area contributed by atoms with Gasteiger partial charge in [0.15, 0.2) is 17.4 Å². The van der Waals surface area contributed by atoms with E-state index in [1.807, 2.05) is 0 Å². The highest BCUT2D eigenvalue weighted by Crippen LogP contribution is 2.21. The van der Waals surface area contributed by atoms with Crippen molar-refractivity contribution in [3.05, 3.63) is 29.8 Å². The average molecular weight is 213 g/mol. The molecule has 1 saturated heterocycles. The van der Waals surface area contributed by atoms with Crippen molar-refractivity contribution >= 4 is 0 Å². The lowest BCUT2D eigenvalue weighted by molar-refractivity contribution is 0.253. The highest BCUT2D eigenvalue weighted by molar-refractivity contribution is 5.26. The Morgan fingerprint density at radius 3 is 2.67 bits per heavy atom. The second kappa shape index (κ2) is 4.57. The van der Waals surface area contributed by atoms with Crippen LogP contribution >= 0.6 is 0 Å². The van der Waals surface area contributed by atoms with E-state index in [-0.39, 0.29) is 11.8 Å². The molecule has 82 valence electrons. The van der Waals surface area contributed by atoms with E-state index in [4.69, 9.17) is 4.74 Å². The van der Waals surface area contributed by atoms with Gasteiger partial charge in [0, 0.05) is 6.04 Å². The molecule has 2 nitrogen and oxygen atoms in total. The topological polar surface area (TPSA) is 21.3 Å². The van der Waals surface area contributed by atoms with Crippen molar-refractivity contribution in [3.63, 3.8) is 0 Å². The lowest BCUT2D eigenvalue weighted by Gasteiger charge is -2.12. The zero-order valence-corrected chi connectivity index (χ0v) is 8.30. The maximum atomic E-state index is 13.1. The third-order valence-corrected chi connectivity index (χ3v) is 2.51. The fourth-order valence-electron chi connectivity index (χ4n) is 1.70. The zero-order valence-electron chi connectivity index (χ0n) is 8.30. The molecule has 0 unspecified atom stereocenters. The van der Waals surface area contributed by atoms with E-state index in [1.54, 1.807) is 0 Å². The molecule has 0 spiro atoms. The molecule has 0 radical (unpaired) electrons. The summed E-state index contributed by atoms with van der Waals surface area (Å²) in [5.41, 5.74) is 0. The number of rotatable bonds is 3. The molecule has 1 atom stereocenters. The molecule has 1 N–H and O–H groups in total. The van der Waals surface area contributed by atoms with Crippen molar-refractivity contribution in [1.82, 2.24) is 5.32 Å². The van der Waals surface area contributed by atoms with Crippen molar-refractivity contribution < 1.29 is 13.5 Å². The molecule has 0 aromatic heterocycles. The maximum absolute atomic E-state index is 13.1. The fraction of sp³-hybridized carbons (Fsp3) is 0.455. The summed E-state index contributed by atoms with van der Waals surface area (Å²) in [6, 6.07) is 3.93. The summed E-state index contributed by atoms with van der Waals surface area (Å²) in [6.45, 7) is 1.27. The molecule has 2 rings (SSSR count). The predicted molar refractivity (Wildman–Crippen MR) is 52.9 cm³/mol. The number of hydrogen-bond acceptors (Lipinski definition) is 2. The monoisotopic (exact) mass is 213 g/mol. The van der Waals surface area contributed by atoms with Crippen LogP contribution in [0.1, 0.15) is 12.8 Å². The van der Waals surface area contributed by atoms with Crippen LogP contribution in [0.25, 0.3) is 0 Å². The summed E-state index contributed by atoms with van der Waals surface area (Å²) >= 11 is 0. The van der Waals surface area contributed by atoms with Crippen LogP contribution in [-0.2, 0) is 0 Å². The summed E-state index contributed by atoms with van der Waals surface area (Å²) in [5.74, 6) is -1.56. The molecule has 1 heterocycles. The summed E-state index contributed by atoms with van der Waals surface area (Å²) in [7, 11) is 0. The molecule has 0 amide bonds. The van der Waals surface area contributed by atoms with Crippen LogP contribution in [0.15, 0.2) is 18.2 Å². The summed E-state index contributed by atoms with van der Waals surface area (Å²) in [6.07, 6.45) is 2.09. The number of benzene rings is 1. The van der Waals surface area contributed by atoms with E-state index in [9.17, 15) is 8.78 Å². The number of hydrogen-bond donors (Lipinski definition) is 1. The van der Waals surface area contributed by atoms with Crippen LogP contribution in [0.4, 0.5) is 8.78 Å². The minimum Gasteiger partial charge on any atom is -0.486 e. The van der Waals surface area contributed by atoms with Crippen molar-refractivity contribution in [1.29, 1.82) is 0 Å². The minimum atomic E-state index is -0.645. The Labute approximate surface area is 87.2 Å². The molecule has 1 aromatic carbocycles. The largest absolute Gasteiger partial charge is 0.486 e. The van der Waals surface area contributed by atoms with E-state index < -0.39 is 11.6 Å². The number of para-hydroxylation sites is 1. The average Bonchev–Trinajstić information content (AvgIpc) is 2.70.